The van der Waals surface area contributed by atoms with Crippen molar-refractivity contribution < 1.29 is 14.2 Å². The summed E-state index contributed by atoms with van der Waals surface area (Å²) in [6, 6.07) is 8.31. The highest BCUT2D eigenvalue weighted by Crippen LogP contribution is 2.28. The number of piperidine rings is 1. The van der Waals surface area contributed by atoms with Crippen molar-refractivity contribution in [3.63, 3.8) is 0 Å². The highest BCUT2D eigenvalue weighted by molar-refractivity contribution is 14.0. The summed E-state index contributed by atoms with van der Waals surface area (Å²) in [5.41, 5.74) is 1.16. The number of rotatable bonds is 10. The Morgan fingerprint density at radius 1 is 1.10 bits per heavy atom. The number of hydrogen-bond acceptors (Lipinski definition) is 4. The van der Waals surface area contributed by atoms with Gasteiger partial charge in [0.1, 0.15) is 5.75 Å². The van der Waals surface area contributed by atoms with Crippen LogP contribution in [0.5, 0.6) is 5.75 Å². The number of ether oxygens (including phenoxy) is 3. The van der Waals surface area contributed by atoms with Gasteiger partial charge in [0, 0.05) is 45.5 Å². The van der Waals surface area contributed by atoms with Crippen molar-refractivity contribution in [3.05, 3.63) is 29.8 Å². The maximum absolute atomic E-state index is 6.16. The molecule has 6 nitrogen and oxygen atoms in total. The molecule has 1 N–H and O–H groups in total. The van der Waals surface area contributed by atoms with Gasteiger partial charge in [0.15, 0.2) is 5.96 Å². The third kappa shape index (κ3) is 7.89. The van der Waals surface area contributed by atoms with Crippen molar-refractivity contribution in [1.82, 2.24) is 10.2 Å². The van der Waals surface area contributed by atoms with Gasteiger partial charge in [0.2, 0.25) is 0 Å². The summed E-state index contributed by atoms with van der Waals surface area (Å²) in [5, 5.41) is 3.46. The van der Waals surface area contributed by atoms with E-state index in [1.807, 2.05) is 6.07 Å². The first kappa shape index (κ1) is 25.2. The standard InChI is InChI=1S/C23H37N3O3.HI/c1-3-24-23(26-14-12-20(13-15-26)28-17-7-16-27-2)25-18-19-8-4-5-11-22(19)29-21-9-6-10-21;/h4-5,8,11,20-21H,3,6-7,9-10,12-18H2,1-2H3,(H,24,25);1H. The molecule has 0 spiro atoms. The van der Waals surface area contributed by atoms with Crippen LogP contribution in [-0.4, -0.2) is 63.0 Å². The molecule has 0 bridgehead atoms. The summed E-state index contributed by atoms with van der Waals surface area (Å²) in [6.45, 7) is 7.12. The molecule has 7 heteroatoms. The fourth-order valence-electron chi connectivity index (χ4n) is 3.69. The Morgan fingerprint density at radius 2 is 1.87 bits per heavy atom. The normalized spacial score (nSPS) is 17.9. The maximum Gasteiger partial charge on any atom is 0.194 e. The third-order valence-electron chi connectivity index (χ3n) is 5.64. The number of benzene rings is 1. The van der Waals surface area contributed by atoms with E-state index >= 15 is 0 Å². The van der Waals surface area contributed by atoms with Crippen LogP contribution in [0.3, 0.4) is 0 Å². The number of guanidine groups is 1. The van der Waals surface area contributed by atoms with E-state index in [0.29, 0.717) is 18.8 Å². The number of halogens is 1. The number of nitrogens with zero attached hydrogens (tertiary/aromatic N) is 2. The second kappa shape index (κ2) is 14.1. The molecule has 1 heterocycles. The molecule has 1 saturated carbocycles. The van der Waals surface area contributed by atoms with Crippen LogP contribution in [-0.2, 0) is 16.0 Å². The molecule has 1 aromatic rings. The van der Waals surface area contributed by atoms with Gasteiger partial charge in [-0.3, -0.25) is 0 Å². The Labute approximate surface area is 198 Å². The van der Waals surface area contributed by atoms with Gasteiger partial charge >= 0.3 is 0 Å². The van der Waals surface area contributed by atoms with Crippen molar-refractivity contribution in [2.45, 2.75) is 64.2 Å². The Balaban J connectivity index is 0.00000320. The van der Waals surface area contributed by atoms with E-state index in [-0.39, 0.29) is 24.0 Å². The zero-order chi connectivity index (χ0) is 20.3. The lowest BCUT2D eigenvalue weighted by molar-refractivity contribution is 0.00990. The van der Waals surface area contributed by atoms with Crippen molar-refractivity contribution in [2.24, 2.45) is 4.99 Å². The average Bonchev–Trinajstić information content (AvgIpc) is 2.72. The van der Waals surface area contributed by atoms with E-state index in [0.717, 1.165) is 69.4 Å². The smallest absolute Gasteiger partial charge is 0.194 e. The number of para-hydroxylation sites is 1. The summed E-state index contributed by atoms with van der Waals surface area (Å²) in [7, 11) is 1.73. The Hall–Kier alpha value is -1.06. The average molecular weight is 531 g/mol. The number of methoxy groups -OCH3 is 1. The molecule has 0 unspecified atom stereocenters. The Bertz CT molecular complexity index is 632. The quantitative estimate of drug-likeness (QED) is 0.212. The Morgan fingerprint density at radius 3 is 2.53 bits per heavy atom. The number of aliphatic imine (C=N–C) groups is 1. The van der Waals surface area contributed by atoms with Gasteiger partial charge in [0.05, 0.1) is 18.8 Å². The fourth-order valence-corrected chi connectivity index (χ4v) is 3.69. The minimum atomic E-state index is 0. The van der Waals surface area contributed by atoms with Crippen molar-refractivity contribution in [3.8, 4) is 5.75 Å². The lowest BCUT2D eigenvalue weighted by Crippen LogP contribution is -2.47. The second-order valence-electron chi connectivity index (χ2n) is 7.85. The predicted molar refractivity (Wildman–Crippen MR) is 132 cm³/mol. The van der Waals surface area contributed by atoms with Crippen LogP contribution in [0.4, 0.5) is 0 Å². The minimum absolute atomic E-state index is 0. The van der Waals surface area contributed by atoms with Gasteiger partial charge in [-0.05, 0) is 51.5 Å². The molecule has 2 fully saturated rings. The highest BCUT2D eigenvalue weighted by atomic mass is 127. The van der Waals surface area contributed by atoms with Crippen LogP contribution in [0.1, 0.15) is 51.0 Å². The van der Waals surface area contributed by atoms with Crippen LogP contribution in [0.25, 0.3) is 0 Å². The molecule has 170 valence electrons. The van der Waals surface area contributed by atoms with Gasteiger partial charge in [-0.1, -0.05) is 18.2 Å². The molecule has 1 aliphatic heterocycles. The number of nitrogens with one attached hydrogen (secondary N) is 1. The van der Waals surface area contributed by atoms with E-state index in [4.69, 9.17) is 19.2 Å². The van der Waals surface area contributed by atoms with Crippen molar-refractivity contribution in [2.75, 3.05) is 40.0 Å². The molecule has 2 aliphatic rings. The van der Waals surface area contributed by atoms with E-state index < -0.39 is 0 Å². The van der Waals surface area contributed by atoms with Crippen molar-refractivity contribution in [1.29, 1.82) is 0 Å². The summed E-state index contributed by atoms with van der Waals surface area (Å²) in [6.07, 6.45) is 7.40. The molecule has 1 aliphatic carbocycles. The van der Waals surface area contributed by atoms with E-state index in [9.17, 15) is 0 Å². The molecule has 3 rings (SSSR count). The van der Waals surface area contributed by atoms with Crippen LogP contribution in [0.15, 0.2) is 29.3 Å². The van der Waals surface area contributed by atoms with Crippen LogP contribution >= 0.6 is 24.0 Å². The van der Waals surface area contributed by atoms with E-state index in [1.165, 1.54) is 19.3 Å². The SMILES string of the molecule is CCNC(=NCc1ccccc1OC1CCC1)N1CCC(OCCCOC)CC1.I. The number of likely N-dealkylation sites (tertiary alicyclic amines) is 1. The zero-order valence-corrected chi connectivity index (χ0v) is 20.8. The molecule has 0 amide bonds. The maximum atomic E-state index is 6.16. The molecule has 0 aromatic heterocycles. The topological polar surface area (TPSA) is 55.3 Å². The highest BCUT2D eigenvalue weighted by Gasteiger charge is 2.22. The molecule has 1 aromatic carbocycles. The second-order valence-corrected chi connectivity index (χ2v) is 7.85. The molecule has 0 atom stereocenters. The molecular weight excluding hydrogens is 493 g/mol. The molecule has 1 saturated heterocycles. The monoisotopic (exact) mass is 531 g/mol. The van der Waals surface area contributed by atoms with Gasteiger partial charge in [0.25, 0.3) is 0 Å². The minimum Gasteiger partial charge on any atom is -0.490 e. The first-order valence-electron chi connectivity index (χ1n) is 11.2. The fraction of sp³-hybridized carbons (Fsp3) is 0.696. The van der Waals surface area contributed by atoms with Gasteiger partial charge in [-0.15, -0.1) is 24.0 Å². The zero-order valence-electron chi connectivity index (χ0n) is 18.5. The number of hydrogen-bond donors (Lipinski definition) is 1. The van der Waals surface area contributed by atoms with Crippen molar-refractivity contribution >= 4 is 29.9 Å². The first-order valence-corrected chi connectivity index (χ1v) is 11.2. The van der Waals surface area contributed by atoms with Crippen LogP contribution in [0, 0.1) is 0 Å². The summed E-state index contributed by atoms with van der Waals surface area (Å²) in [4.78, 5) is 7.28. The summed E-state index contributed by atoms with van der Waals surface area (Å²) < 4.78 is 17.2. The molecule has 30 heavy (non-hydrogen) atoms. The predicted octanol–water partition coefficient (Wildman–Crippen LogP) is 4.22. The Kier molecular flexibility index (Phi) is 11.8. The molecule has 0 radical (unpaired) electrons. The molecular formula is C23H38IN3O3. The van der Waals surface area contributed by atoms with Gasteiger partial charge < -0.3 is 24.4 Å². The van der Waals surface area contributed by atoms with Gasteiger partial charge in [-0.2, -0.15) is 0 Å². The lowest BCUT2D eigenvalue weighted by atomic mass is 9.96. The lowest BCUT2D eigenvalue weighted by Gasteiger charge is -2.34. The largest absolute Gasteiger partial charge is 0.490 e. The van der Waals surface area contributed by atoms with Crippen LogP contribution in [0.2, 0.25) is 0 Å². The van der Waals surface area contributed by atoms with Gasteiger partial charge in [-0.25, -0.2) is 4.99 Å². The summed E-state index contributed by atoms with van der Waals surface area (Å²) >= 11 is 0. The van der Waals surface area contributed by atoms with Crippen LogP contribution < -0.4 is 10.1 Å². The van der Waals surface area contributed by atoms with E-state index in [2.05, 4.69) is 35.3 Å². The van der Waals surface area contributed by atoms with E-state index in [1.54, 1.807) is 7.11 Å². The summed E-state index contributed by atoms with van der Waals surface area (Å²) in [5.74, 6) is 1.98. The first-order chi connectivity index (χ1) is 14.3. The third-order valence-corrected chi connectivity index (χ3v) is 5.64.